The largest absolute Gasteiger partial charge is 0.330 e. The molecule has 14 heavy (non-hydrogen) atoms. The van der Waals surface area contributed by atoms with Crippen LogP contribution in [-0.2, 0) is 4.79 Å². The molecule has 1 aromatic rings. The first-order valence-corrected chi connectivity index (χ1v) is 4.93. The molecule has 76 valence electrons. The minimum atomic E-state index is -0.196. The Bertz CT molecular complexity index is 289. The number of thiol groups is 1. The molecule has 0 fully saturated rings. The standard InChI is InChI=1S/C10H14N2OS/c11-7-6-9(10(13)12-14)8-4-2-1-3-5-8/h1-5,9,14H,6-7,11H2,(H,12,13). The molecule has 0 aliphatic carbocycles. The monoisotopic (exact) mass is 210 g/mol. The van der Waals surface area contributed by atoms with Crippen LogP contribution in [0.25, 0.3) is 0 Å². The summed E-state index contributed by atoms with van der Waals surface area (Å²) in [5.74, 6) is -0.302. The quantitative estimate of drug-likeness (QED) is 0.651. The number of carbonyl (C=O) groups excluding carboxylic acids is 1. The maximum atomic E-state index is 11.5. The Balaban J connectivity index is 2.83. The molecular weight excluding hydrogens is 196 g/mol. The van der Waals surface area contributed by atoms with Crippen LogP contribution in [0.1, 0.15) is 17.9 Å². The highest BCUT2D eigenvalue weighted by atomic mass is 32.1. The van der Waals surface area contributed by atoms with E-state index in [2.05, 4.69) is 17.5 Å². The molecular formula is C10H14N2OS. The summed E-state index contributed by atoms with van der Waals surface area (Å²) in [6.45, 7) is 0.487. The Labute approximate surface area is 89.2 Å². The van der Waals surface area contributed by atoms with Crippen molar-refractivity contribution in [2.75, 3.05) is 6.54 Å². The van der Waals surface area contributed by atoms with E-state index in [9.17, 15) is 4.79 Å². The van der Waals surface area contributed by atoms with Crippen LogP contribution in [0.15, 0.2) is 30.3 Å². The molecule has 1 unspecified atom stereocenters. The molecule has 0 aliphatic heterocycles. The van der Waals surface area contributed by atoms with Gasteiger partial charge in [-0.1, -0.05) is 43.1 Å². The molecule has 0 radical (unpaired) electrons. The van der Waals surface area contributed by atoms with Crippen LogP contribution < -0.4 is 10.5 Å². The van der Waals surface area contributed by atoms with Crippen LogP contribution >= 0.6 is 12.8 Å². The Hall–Kier alpha value is -1.00. The highest BCUT2D eigenvalue weighted by molar-refractivity contribution is 7.78. The fourth-order valence-electron chi connectivity index (χ4n) is 1.38. The second kappa shape index (κ2) is 5.67. The first-order valence-electron chi connectivity index (χ1n) is 4.48. The molecule has 0 bridgehead atoms. The topological polar surface area (TPSA) is 55.1 Å². The Morgan fingerprint density at radius 3 is 2.57 bits per heavy atom. The number of benzene rings is 1. The second-order valence-corrected chi connectivity index (χ2v) is 3.24. The third kappa shape index (κ3) is 2.75. The molecule has 0 spiro atoms. The average Bonchev–Trinajstić information content (AvgIpc) is 2.26. The fraction of sp³-hybridized carbons (Fsp3) is 0.300. The van der Waals surface area contributed by atoms with Gasteiger partial charge in [0.25, 0.3) is 0 Å². The number of nitrogens with one attached hydrogen (secondary N) is 1. The number of hydrogen-bond acceptors (Lipinski definition) is 3. The van der Waals surface area contributed by atoms with Crippen LogP contribution in [0.2, 0.25) is 0 Å². The van der Waals surface area contributed by atoms with E-state index in [1.165, 1.54) is 0 Å². The van der Waals surface area contributed by atoms with Crippen LogP contribution in [0.3, 0.4) is 0 Å². The lowest BCUT2D eigenvalue weighted by Gasteiger charge is -2.13. The van der Waals surface area contributed by atoms with E-state index in [4.69, 9.17) is 5.73 Å². The Morgan fingerprint density at radius 2 is 2.07 bits per heavy atom. The van der Waals surface area contributed by atoms with Crippen molar-refractivity contribution < 1.29 is 4.79 Å². The number of hydrogen-bond donors (Lipinski definition) is 3. The van der Waals surface area contributed by atoms with Gasteiger partial charge in [0.15, 0.2) is 0 Å². The fourth-order valence-corrected chi connectivity index (χ4v) is 1.53. The van der Waals surface area contributed by atoms with E-state index in [0.29, 0.717) is 13.0 Å². The van der Waals surface area contributed by atoms with E-state index in [-0.39, 0.29) is 11.8 Å². The zero-order chi connectivity index (χ0) is 10.4. The van der Waals surface area contributed by atoms with Crippen molar-refractivity contribution in [1.82, 2.24) is 4.72 Å². The van der Waals surface area contributed by atoms with Gasteiger partial charge in [-0.05, 0) is 18.5 Å². The molecule has 1 rings (SSSR count). The van der Waals surface area contributed by atoms with Crippen molar-refractivity contribution in [2.45, 2.75) is 12.3 Å². The highest BCUT2D eigenvalue weighted by Crippen LogP contribution is 2.18. The van der Waals surface area contributed by atoms with Crippen molar-refractivity contribution in [2.24, 2.45) is 5.73 Å². The summed E-state index contributed by atoms with van der Waals surface area (Å²) < 4.78 is 2.35. The van der Waals surface area contributed by atoms with Gasteiger partial charge in [0.1, 0.15) is 0 Å². The summed E-state index contributed by atoms with van der Waals surface area (Å²) in [5, 5.41) is 0. The summed E-state index contributed by atoms with van der Waals surface area (Å²) in [6, 6.07) is 9.57. The second-order valence-electron chi connectivity index (χ2n) is 3.02. The molecule has 0 saturated carbocycles. The number of amides is 1. The van der Waals surface area contributed by atoms with Gasteiger partial charge in [-0.3, -0.25) is 4.79 Å². The molecule has 1 amide bonds. The van der Waals surface area contributed by atoms with E-state index < -0.39 is 0 Å². The maximum Gasteiger partial charge on any atom is 0.237 e. The lowest BCUT2D eigenvalue weighted by atomic mass is 9.95. The maximum absolute atomic E-state index is 11.5. The minimum Gasteiger partial charge on any atom is -0.330 e. The first-order chi connectivity index (χ1) is 6.79. The molecule has 1 atom stereocenters. The van der Waals surface area contributed by atoms with Crippen LogP contribution in [0, 0.1) is 0 Å². The first kappa shape index (κ1) is 11.1. The minimum absolute atomic E-state index is 0.106. The van der Waals surface area contributed by atoms with Gasteiger partial charge in [-0.25, -0.2) is 0 Å². The van der Waals surface area contributed by atoms with E-state index in [1.807, 2.05) is 30.3 Å². The number of rotatable bonds is 4. The van der Waals surface area contributed by atoms with Crippen LogP contribution in [-0.4, -0.2) is 12.5 Å². The van der Waals surface area contributed by atoms with Crippen molar-refractivity contribution in [3.05, 3.63) is 35.9 Å². The lowest BCUT2D eigenvalue weighted by molar-refractivity contribution is -0.120. The van der Waals surface area contributed by atoms with E-state index >= 15 is 0 Å². The van der Waals surface area contributed by atoms with Crippen LogP contribution in [0.5, 0.6) is 0 Å². The molecule has 3 nitrogen and oxygen atoms in total. The summed E-state index contributed by atoms with van der Waals surface area (Å²) in [5.41, 5.74) is 6.43. The summed E-state index contributed by atoms with van der Waals surface area (Å²) in [4.78, 5) is 11.5. The Kier molecular flexibility index (Phi) is 4.49. The number of nitrogens with two attached hydrogens (primary N) is 1. The summed E-state index contributed by atoms with van der Waals surface area (Å²) >= 11 is 3.76. The van der Waals surface area contributed by atoms with Gasteiger partial charge in [0, 0.05) is 0 Å². The van der Waals surface area contributed by atoms with Gasteiger partial charge in [0.2, 0.25) is 5.91 Å². The van der Waals surface area contributed by atoms with Gasteiger partial charge in [-0.2, -0.15) is 0 Å². The van der Waals surface area contributed by atoms with Gasteiger partial charge in [-0.15, -0.1) is 0 Å². The predicted octanol–water partition coefficient (Wildman–Crippen LogP) is 1.08. The molecule has 0 aliphatic rings. The summed E-state index contributed by atoms with van der Waals surface area (Å²) in [6.07, 6.45) is 0.635. The lowest BCUT2D eigenvalue weighted by Crippen LogP contribution is -2.24. The van der Waals surface area contributed by atoms with Crippen molar-refractivity contribution in [3.63, 3.8) is 0 Å². The molecule has 0 saturated heterocycles. The normalized spacial score (nSPS) is 12.1. The van der Waals surface area contributed by atoms with Crippen LogP contribution in [0.4, 0.5) is 0 Å². The summed E-state index contributed by atoms with van der Waals surface area (Å²) in [7, 11) is 0. The number of carbonyl (C=O) groups is 1. The van der Waals surface area contributed by atoms with Gasteiger partial charge >= 0.3 is 0 Å². The third-order valence-corrected chi connectivity index (χ3v) is 2.30. The third-order valence-electron chi connectivity index (χ3n) is 2.08. The van der Waals surface area contributed by atoms with Gasteiger partial charge < -0.3 is 10.5 Å². The van der Waals surface area contributed by atoms with Gasteiger partial charge in [0.05, 0.1) is 5.92 Å². The predicted molar refractivity (Wildman–Crippen MR) is 60.0 cm³/mol. The molecule has 1 aromatic carbocycles. The molecule has 4 heteroatoms. The van der Waals surface area contributed by atoms with Crippen molar-refractivity contribution in [1.29, 1.82) is 0 Å². The van der Waals surface area contributed by atoms with E-state index in [1.54, 1.807) is 0 Å². The smallest absolute Gasteiger partial charge is 0.237 e. The molecule has 3 N–H and O–H groups in total. The molecule has 0 heterocycles. The zero-order valence-electron chi connectivity index (χ0n) is 7.81. The van der Waals surface area contributed by atoms with Crippen molar-refractivity contribution in [3.8, 4) is 0 Å². The highest BCUT2D eigenvalue weighted by Gasteiger charge is 2.18. The SMILES string of the molecule is NCCC(C(=O)NS)c1ccccc1. The zero-order valence-corrected chi connectivity index (χ0v) is 8.71. The molecule has 0 aromatic heterocycles. The van der Waals surface area contributed by atoms with E-state index in [0.717, 1.165) is 5.56 Å². The average molecular weight is 210 g/mol. The Morgan fingerprint density at radius 1 is 1.43 bits per heavy atom. The van der Waals surface area contributed by atoms with Crippen molar-refractivity contribution >= 4 is 18.7 Å².